The summed E-state index contributed by atoms with van der Waals surface area (Å²) < 4.78 is 0. The van der Waals surface area contributed by atoms with E-state index in [0.717, 1.165) is 38.2 Å². The van der Waals surface area contributed by atoms with Crippen LogP contribution in [-0.2, 0) is 9.59 Å². The molecule has 2 N–H and O–H groups in total. The third kappa shape index (κ3) is 6.11. The molecule has 2 rings (SSSR count). The van der Waals surface area contributed by atoms with Gasteiger partial charge in [0.05, 0.1) is 13.1 Å². The van der Waals surface area contributed by atoms with Crippen LogP contribution in [0.2, 0.25) is 0 Å². The topological polar surface area (TPSA) is 72.9 Å². The maximum atomic E-state index is 12.3. The molecule has 0 bridgehead atoms. The second-order valence-corrected chi connectivity index (χ2v) is 7.29. The molecule has 6 heteroatoms. The van der Waals surface area contributed by atoms with Crippen molar-refractivity contribution in [3.05, 3.63) is 29.8 Å². The first-order valence-electron chi connectivity index (χ1n) is 9.47. The van der Waals surface area contributed by atoms with Crippen LogP contribution < -0.4 is 5.32 Å². The minimum absolute atomic E-state index is 0.00207. The first-order chi connectivity index (χ1) is 12.4. The number of piperidine rings is 1. The molecule has 144 valence electrons. The molecule has 1 aliphatic rings. The molecule has 1 heterocycles. The molecule has 1 fully saturated rings. The number of carboxylic acid groups (broad SMARTS) is 1. The molecular formula is C20H31N3O3. The summed E-state index contributed by atoms with van der Waals surface area (Å²) in [6.45, 7) is 9.11. The summed E-state index contributed by atoms with van der Waals surface area (Å²) in [6, 6.07) is 8.28. The van der Waals surface area contributed by atoms with Gasteiger partial charge in [0.15, 0.2) is 0 Å². The third-order valence-electron chi connectivity index (χ3n) is 5.02. The SMILES string of the molecule is CCN(CC(=O)O)C1CCN(CC(=O)Nc2cccc(C(C)C)c2)CC1. The molecular weight excluding hydrogens is 330 g/mol. The molecule has 0 saturated carbocycles. The molecule has 1 saturated heterocycles. The molecule has 0 spiro atoms. The maximum absolute atomic E-state index is 12.3. The van der Waals surface area contributed by atoms with Gasteiger partial charge in [-0.1, -0.05) is 32.9 Å². The lowest BCUT2D eigenvalue weighted by molar-refractivity contribution is -0.139. The fourth-order valence-corrected chi connectivity index (χ4v) is 3.49. The predicted molar refractivity (Wildman–Crippen MR) is 104 cm³/mol. The van der Waals surface area contributed by atoms with Crippen molar-refractivity contribution in [2.45, 2.75) is 45.6 Å². The van der Waals surface area contributed by atoms with Crippen LogP contribution >= 0.6 is 0 Å². The van der Waals surface area contributed by atoms with E-state index < -0.39 is 5.97 Å². The second-order valence-electron chi connectivity index (χ2n) is 7.29. The number of benzene rings is 1. The number of nitrogens with zero attached hydrogens (tertiary/aromatic N) is 2. The zero-order valence-corrected chi connectivity index (χ0v) is 16.1. The summed E-state index contributed by atoms with van der Waals surface area (Å²) >= 11 is 0. The minimum Gasteiger partial charge on any atom is -0.480 e. The van der Waals surface area contributed by atoms with Gasteiger partial charge < -0.3 is 10.4 Å². The number of anilines is 1. The van der Waals surface area contributed by atoms with Crippen molar-refractivity contribution in [1.82, 2.24) is 9.80 Å². The number of hydrogen-bond acceptors (Lipinski definition) is 4. The van der Waals surface area contributed by atoms with Crippen molar-refractivity contribution in [2.75, 3.05) is 38.0 Å². The van der Waals surface area contributed by atoms with E-state index in [1.807, 2.05) is 30.0 Å². The highest BCUT2D eigenvalue weighted by atomic mass is 16.4. The van der Waals surface area contributed by atoms with Crippen LogP contribution in [0.25, 0.3) is 0 Å². The normalized spacial score (nSPS) is 16.2. The summed E-state index contributed by atoms with van der Waals surface area (Å²) in [7, 11) is 0. The van der Waals surface area contributed by atoms with Gasteiger partial charge in [0.1, 0.15) is 0 Å². The quantitative estimate of drug-likeness (QED) is 0.745. The molecule has 1 aromatic carbocycles. The van der Waals surface area contributed by atoms with E-state index in [1.165, 1.54) is 5.56 Å². The van der Waals surface area contributed by atoms with E-state index in [-0.39, 0.29) is 18.5 Å². The smallest absolute Gasteiger partial charge is 0.317 e. The standard InChI is InChI=1S/C20H31N3O3/c1-4-23(14-20(25)26)18-8-10-22(11-9-18)13-19(24)21-17-7-5-6-16(12-17)15(2)3/h5-7,12,15,18H,4,8-11,13-14H2,1-3H3,(H,21,24)(H,25,26). The number of likely N-dealkylation sites (tertiary alicyclic amines) is 1. The van der Waals surface area contributed by atoms with Gasteiger partial charge in [0, 0.05) is 24.8 Å². The van der Waals surface area contributed by atoms with Crippen LogP contribution in [0.1, 0.15) is 45.1 Å². The Balaban J connectivity index is 1.81. The first kappa shape index (κ1) is 20.4. The minimum atomic E-state index is -0.780. The zero-order chi connectivity index (χ0) is 19.1. The van der Waals surface area contributed by atoms with E-state index in [4.69, 9.17) is 5.11 Å². The van der Waals surface area contributed by atoms with Crippen LogP contribution in [0.3, 0.4) is 0 Å². The number of amides is 1. The molecule has 0 aromatic heterocycles. The lowest BCUT2D eigenvalue weighted by Crippen LogP contribution is -2.48. The van der Waals surface area contributed by atoms with Crippen LogP contribution in [-0.4, -0.2) is 65.5 Å². The van der Waals surface area contributed by atoms with Crippen molar-refractivity contribution < 1.29 is 14.7 Å². The Morgan fingerprint density at radius 3 is 2.58 bits per heavy atom. The summed E-state index contributed by atoms with van der Waals surface area (Å²) in [5, 5.41) is 12.0. The van der Waals surface area contributed by atoms with Gasteiger partial charge in [-0.15, -0.1) is 0 Å². The Bertz CT molecular complexity index is 610. The Morgan fingerprint density at radius 2 is 2.00 bits per heavy atom. The van der Waals surface area contributed by atoms with Crippen molar-refractivity contribution >= 4 is 17.6 Å². The first-order valence-corrected chi connectivity index (χ1v) is 9.47. The van der Waals surface area contributed by atoms with E-state index in [0.29, 0.717) is 12.5 Å². The van der Waals surface area contributed by atoms with E-state index >= 15 is 0 Å². The maximum Gasteiger partial charge on any atom is 0.317 e. The third-order valence-corrected chi connectivity index (χ3v) is 5.02. The van der Waals surface area contributed by atoms with Crippen LogP contribution in [0.15, 0.2) is 24.3 Å². The van der Waals surface area contributed by atoms with Crippen molar-refractivity contribution in [3.8, 4) is 0 Å². The Morgan fingerprint density at radius 1 is 1.31 bits per heavy atom. The highest BCUT2D eigenvalue weighted by molar-refractivity contribution is 5.92. The largest absolute Gasteiger partial charge is 0.480 e. The van der Waals surface area contributed by atoms with E-state index in [1.54, 1.807) is 0 Å². The Labute approximate surface area is 156 Å². The molecule has 6 nitrogen and oxygen atoms in total. The van der Waals surface area contributed by atoms with Gasteiger partial charge >= 0.3 is 5.97 Å². The fraction of sp³-hybridized carbons (Fsp3) is 0.600. The van der Waals surface area contributed by atoms with Gasteiger partial charge in [-0.3, -0.25) is 19.4 Å². The van der Waals surface area contributed by atoms with Crippen LogP contribution in [0.5, 0.6) is 0 Å². The molecule has 0 radical (unpaired) electrons. The Kier molecular flexibility index (Phi) is 7.60. The highest BCUT2D eigenvalue weighted by Crippen LogP contribution is 2.19. The van der Waals surface area contributed by atoms with Gasteiger partial charge in [0.2, 0.25) is 5.91 Å². The fourth-order valence-electron chi connectivity index (χ4n) is 3.49. The molecule has 1 aliphatic heterocycles. The molecule has 0 aliphatic carbocycles. The van der Waals surface area contributed by atoms with Gasteiger partial charge in [-0.05, 0) is 43.0 Å². The summed E-state index contributed by atoms with van der Waals surface area (Å²) in [5.74, 6) is -0.349. The summed E-state index contributed by atoms with van der Waals surface area (Å²) in [6.07, 6.45) is 1.80. The lowest BCUT2D eigenvalue weighted by atomic mass is 10.0. The van der Waals surface area contributed by atoms with Gasteiger partial charge in [-0.25, -0.2) is 0 Å². The molecule has 26 heavy (non-hydrogen) atoms. The van der Waals surface area contributed by atoms with Crippen molar-refractivity contribution in [1.29, 1.82) is 0 Å². The number of likely N-dealkylation sites (N-methyl/N-ethyl adjacent to an activating group) is 1. The number of rotatable bonds is 8. The van der Waals surface area contributed by atoms with E-state index in [2.05, 4.69) is 30.1 Å². The lowest BCUT2D eigenvalue weighted by Gasteiger charge is -2.37. The zero-order valence-electron chi connectivity index (χ0n) is 16.1. The summed E-state index contributed by atoms with van der Waals surface area (Å²) in [5.41, 5.74) is 2.05. The van der Waals surface area contributed by atoms with Gasteiger partial charge in [0.25, 0.3) is 0 Å². The Hall–Kier alpha value is -1.92. The highest BCUT2D eigenvalue weighted by Gasteiger charge is 2.25. The molecule has 0 atom stereocenters. The molecule has 1 amide bonds. The number of aliphatic carboxylic acids is 1. The van der Waals surface area contributed by atoms with Gasteiger partial charge in [-0.2, -0.15) is 0 Å². The summed E-state index contributed by atoms with van der Waals surface area (Å²) in [4.78, 5) is 27.5. The molecule has 0 unspecified atom stereocenters. The molecule has 1 aromatic rings. The monoisotopic (exact) mass is 361 g/mol. The van der Waals surface area contributed by atoms with E-state index in [9.17, 15) is 9.59 Å². The predicted octanol–water partition coefficient (Wildman–Crippen LogP) is 2.62. The second kappa shape index (κ2) is 9.69. The number of carboxylic acids is 1. The van der Waals surface area contributed by atoms with Crippen LogP contribution in [0, 0.1) is 0 Å². The number of carbonyl (C=O) groups excluding carboxylic acids is 1. The van der Waals surface area contributed by atoms with Crippen molar-refractivity contribution in [2.24, 2.45) is 0 Å². The number of nitrogens with one attached hydrogen (secondary N) is 1. The van der Waals surface area contributed by atoms with Crippen LogP contribution in [0.4, 0.5) is 5.69 Å². The number of hydrogen-bond donors (Lipinski definition) is 2. The average Bonchev–Trinajstić information content (AvgIpc) is 2.60. The average molecular weight is 361 g/mol. The van der Waals surface area contributed by atoms with Crippen molar-refractivity contribution in [3.63, 3.8) is 0 Å². The number of carbonyl (C=O) groups is 2.